The summed E-state index contributed by atoms with van der Waals surface area (Å²) in [7, 11) is 0. The fraction of sp³-hybridized carbons (Fsp3) is 0.571. The predicted molar refractivity (Wildman–Crippen MR) is 69.6 cm³/mol. The Morgan fingerprint density at radius 3 is 2.76 bits per heavy atom. The minimum Gasteiger partial charge on any atom is -0.389 e. The summed E-state index contributed by atoms with van der Waals surface area (Å²) < 4.78 is 0. The fourth-order valence-corrected chi connectivity index (χ4v) is 2.66. The summed E-state index contributed by atoms with van der Waals surface area (Å²) in [5.74, 6) is 0. The van der Waals surface area contributed by atoms with Crippen LogP contribution in [0.2, 0.25) is 0 Å². The van der Waals surface area contributed by atoms with Gasteiger partial charge in [-0.15, -0.1) is 0 Å². The first-order chi connectivity index (χ1) is 8.22. The summed E-state index contributed by atoms with van der Waals surface area (Å²) in [6, 6.07) is 10.4. The molecule has 17 heavy (non-hydrogen) atoms. The van der Waals surface area contributed by atoms with Gasteiger partial charge in [0.25, 0.3) is 0 Å². The van der Waals surface area contributed by atoms with E-state index in [-0.39, 0.29) is 0 Å². The molecule has 1 aromatic carbocycles. The lowest BCUT2D eigenvalue weighted by atomic mass is 9.89. The number of β-amino-alcohol motifs (C(OH)–C–C–N with tert-alkyl or cyclic N) is 1. The van der Waals surface area contributed by atoms with Crippen LogP contribution in [0.4, 0.5) is 0 Å². The maximum Gasteiger partial charge on any atom is 0.0786 e. The van der Waals surface area contributed by atoms with E-state index in [2.05, 4.69) is 29.2 Å². The monoisotopic (exact) mass is 234 g/mol. The Balaban J connectivity index is 1.94. The van der Waals surface area contributed by atoms with E-state index in [1.165, 1.54) is 5.56 Å². The van der Waals surface area contributed by atoms with Crippen molar-refractivity contribution in [3.05, 3.63) is 35.9 Å². The van der Waals surface area contributed by atoms with Gasteiger partial charge in [0.05, 0.1) is 5.60 Å². The third-order valence-corrected chi connectivity index (χ3v) is 3.49. The minimum atomic E-state index is -0.568. The molecule has 1 fully saturated rings. The zero-order chi connectivity index (χ0) is 12.1. The molecule has 3 heteroatoms. The first kappa shape index (κ1) is 12.6. The summed E-state index contributed by atoms with van der Waals surface area (Å²) in [6.45, 7) is 3.31. The molecule has 0 aromatic heterocycles. The Kier molecular flexibility index (Phi) is 4.15. The highest BCUT2D eigenvalue weighted by Crippen LogP contribution is 2.24. The lowest BCUT2D eigenvalue weighted by Gasteiger charge is -2.39. The SMILES string of the molecule is NCCC1(O)CCCN(Cc2ccccc2)C1. The number of aliphatic hydroxyl groups is 1. The van der Waals surface area contributed by atoms with Crippen LogP contribution in [0.5, 0.6) is 0 Å². The Hall–Kier alpha value is -0.900. The summed E-state index contributed by atoms with van der Waals surface area (Å²) in [5.41, 5.74) is 6.31. The van der Waals surface area contributed by atoms with Crippen molar-refractivity contribution in [2.24, 2.45) is 5.73 Å². The van der Waals surface area contributed by atoms with Gasteiger partial charge in [0, 0.05) is 13.1 Å². The summed E-state index contributed by atoms with van der Waals surface area (Å²) in [6.07, 6.45) is 2.65. The topological polar surface area (TPSA) is 49.5 Å². The molecule has 0 spiro atoms. The maximum atomic E-state index is 10.4. The van der Waals surface area contributed by atoms with Gasteiger partial charge in [0.2, 0.25) is 0 Å². The molecule has 1 aromatic rings. The molecule has 3 N–H and O–H groups in total. The van der Waals surface area contributed by atoms with Gasteiger partial charge in [-0.2, -0.15) is 0 Å². The molecule has 1 aliphatic rings. The highest BCUT2D eigenvalue weighted by atomic mass is 16.3. The molecule has 0 radical (unpaired) electrons. The molecule has 94 valence electrons. The lowest BCUT2D eigenvalue weighted by molar-refractivity contribution is -0.0373. The van der Waals surface area contributed by atoms with Crippen molar-refractivity contribution in [3.63, 3.8) is 0 Å². The van der Waals surface area contributed by atoms with Crippen LogP contribution in [0, 0.1) is 0 Å². The highest BCUT2D eigenvalue weighted by molar-refractivity contribution is 5.14. The van der Waals surface area contributed by atoms with Crippen molar-refractivity contribution < 1.29 is 5.11 Å². The molecule has 0 saturated carbocycles. The molecule has 1 aliphatic heterocycles. The zero-order valence-corrected chi connectivity index (χ0v) is 10.3. The van der Waals surface area contributed by atoms with Crippen LogP contribution >= 0.6 is 0 Å². The van der Waals surface area contributed by atoms with Crippen molar-refractivity contribution in [2.75, 3.05) is 19.6 Å². The second kappa shape index (κ2) is 5.63. The van der Waals surface area contributed by atoms with Gasteiger partial charge in [-0.25, -0.2) is 0 Å². The zero-order valence-electron chi connectivity index (χ0n) is 10.3. The maximum absolute atomic E-state index is 10.4. The highest BCUT2D eigenvalue weighted by Gasteiger charge is 2.32. The van der Waals surface area contributed by atoms with Gasteiger partial charge in [0.1, 0.15) is 0 Å². The molecular formula is C14H22N2O. The summed E-state index contributed by atoms with van der Waals surface area (Å²) >= 11 is 0. The fourth-order valence-electron chi connectivity index (χ4n) is 2.66. The average molecular weight is 234 g/mol. The van der Waals surface area contributed by atoms with E-state index in [4.69, 9.17) is 5.73 Å². The summed E-state index contributed by atoms with van der Waals surface area (Å²) in [5, 5.41) is 10.4. The normalized spacial score (nSPS) is 26.0. The van der Waals surface area contributed by atoms with E-state index in [9.17, 15) is 5.11 Å². The molecule has 0 bridgehead atoms. The molecule has 1 saturated heterocycles. The number of hydrogen-bond donors (Lipinski definition) is 2. The van der Waals surface area contributed by atoms with Crippen LogP contribution in [0.3, 0.4) is 0 Å². The number of likely N-dealkylation sites (tertiary alicyclic amines) is 1. The van der Waals surface area contributed by atoms with Gasteiger partial charge < -0.3 is 10.8 Å². The van der Waals surface area contributed by atoms with Crippen LogP contribution in [0.25, 0.3) is 0 Å². The van der Waals surface area contributed by atoms with Crippen molar-refractivity contribution in [1.29, 1.82) is 0 Å². The number of rotatable bonds is 4. The van der Waals surface area contributed by atoms with Crippen molar-refractivity contribution in [2.45, 2.75) is 31.4 Å². The molecule has 0 amide bonds. The smallest absolute Gasteiger partial charge is 0.0786 e. The van der Waals surface area contributed by atoms with E-state index >= 15 is 0 Å². The van der Waals surface area contributed by atoms with E-state index in [0.29, 0.717) is 13.0 Å². The minimum absolute atomic E-state index is 0.565. The lowest BCUT2D eigenvalue weighted by Crippen LogP contribution is -2.48. The molecule has 1 atom stereocenters. The Morgan fingerprint density at radius 2 is 2.06 bits per heavy atom. The molecule has 1 unspecified atom stereocenters. The van der Waals surface area contributed by atoms with E-state index in [1.807, 2.05) is 6.07 Å². The van der Waals surface area contributed by atoms with Crippen LogP contribution in [0.15, 0.2) is 30.3 Å². The number of hydrogen-bond acceptors (Lipinski definition) is 3. The number of benzene rings is 1. The van der Waals surface area contributed by atoms with Crippen molar-refractivity contribution in [1.82, 2.24) is 4.90 Å². The summed E-state index contributed by atoms with van der Waals surface area (Å²) in [4.78, 5) is 2.33. The largest absolute Gasteiger partial charge is 0.389 e. The molecule has 1 heterocycles. The third-order valence-electron chi connectivity index (χ3n) is 3.49. The molecule has 3 nitrogen and oxygen atoms in total. The van der Waals surface area contributed by atoms with Crippen molar-refractivity contribution in [3.8, 4) is 0 Å². The van der Waals surface area contributed by atoms with Crippen LogP contribution in [0.1, 0.15) is 24.8 Å². The van der Waals surface area contributed by atoms with Gasteiger partial charge >= 0.3 is 0 Å². The Bertz CT molecular complexity index is 337. The number of nitrogens with zero attached hydrogens (tertiary/aromatic N) is 1. The standard InChI is InChI=1S/C14H22N2O/c15-9-8-14(17)7-4-10-16(12-14)11-13-5-2-1-3-6-13/h1-3,5-6,17H,4,7-12,15H2. The second-order valence-corrected chi connectivity index (χ2v) is 5.06. The first-order valence-corrected chi connectivity index (χ1v) is 6.41. The van der Waals surface area contributed by atoms with Crippen LogP contribution in [-0.2, 0) is 6.54 Å². The van der Waals surface area contributed by atoms with Gasteiger partial charge in [-0.1, -0.05) is 30.3 Å². The van der Waals surface area contributed by atoms with Gasteiger partial charge in [-0.05, 0) is 37.9 Å². The number of nitrogens with two attached hydrogens (primary N) is 1. The van der Waals surface area contributed by atoms with E-state index in [0.717, 1.165) is 32.5 Å². The Morgan fingerprint density at radius 1 is 1.29 bits per heavy atom. The van der Waals surface area contributed by atoms with E-state index in [1.54, 1.807) is 0 Å². The molecule has 0 aliphatic carbocycles. The quantitative estimate of drug-likeness (QED) is 0.827. The first-order valence-electron chi connectivity index (χ1n) is 6.41. The second-order valence-electron chi connectivity index (χ2n) is 5.06. The molecular weight excluding hydrogens is 212 g/mol. The van der Waals surface area contributed by atoms with Crippen molar-refractivity contribution >= 4 is 0 Å². The average Bonchev–Trinajstić information content (AvgIpc) is 2.30. The predicted octanol–water partition coefficient (Wildman–Crippen LogP) is 1.36. The van der Waals surface area contributed by atoms with Gasteiger partial charge in [-0.3, -0.25) is 4.90 Å². The van der Waals surface area contributed by atoms with Gasteiger partial charge in [0.15, 0.2) is 0 Å². The van der Waals surface area contributed by atoms with Crippen LogP contribution in [-0.4, -0.2) is 35.2 Å². The Labute approximate surface area is 103 Å². The number of piperidine rings is 1. The van der Waals surface area contributed by atoms with Crippen LogP contribution < -0.4 is 5.73 Å². The molecule has 2 rings (SSSR count). The van der Waals surface area contributed by atoms with E-state index < -0.39 is 5.60 Å². The third kappa shape index (κ3) is 3.53.